The van der Waals surface area contributed by atoms with Crippen molar-refractivity contribution in [1.82, 2.24) is 19.9 Å². The lowest BCUT2D eigenvalue weighted by molar-refractivity contribution is -0.132. The molecule has 2 aromatic heterocycles. The van der Waals surface area contributed by atoms with Crippen molar-refractivity contribution >= 4 is 5.91 Å². The van der Waals surface area contributed by atoms with Crippen molar-refractivity contribution in [1.29, 1.82) is 0 Å². The summed E-state index contributed by atoms with van der Waals surface area (Å²) in [7, 11) is 0. The number of rotatable bonds is 4. The minimum atomic E-state index is 0.0834. The summed E-state index contributed by atoms with van der Waals surface area (Å²) in [5, 5.41) is 0. The molecule has 2 aromatic rings. The van der Waals surface area contributed by atoms with Gasteiger partial charge in [0.05, 0.1) is 17.9 Å². The predicted molar refractivity (Wildman–Crippen MR) is 78.3 cm³/mol. The molecule has 5 heteroatoms. The minimum Gasteiger partial charge on any atom is -0.334 e. The van der Waals surface area contributed by atoms with Crippen molar-refractivity contribution < 1.29 is 4.79 Å². The number of pyridine rings is 1. The zero-order chi connectivity index (χ0) is 14.5. The molecule has 0 saturated carbocycles. The molecule has 1 aliphatic rings. The van der Waals surface area contributed by atoms with Crippen LogP contribution in [-0.2, 0) is 11.2 Å². The lowest BCUT2D eigenvalue weighted by atomic mass is 10.1. The van der Waals surface area contributed by atoms with E-state index in [4.69, 9.17) is 0 Å². The average Bonchev–Trinajstić information content (AvgIpc) is 3.04. The number of nitrogens with zero attached hydrogens (tertiary/aromatic N) is 4. The van der Waals surface area contributed by atoms with E-state index in [1.165, 1.54) is 0 Å². The molecule has 0 spiro atoms. The third kappa shape index (κ3) is 3.24. The highest BCUT2D eigenvalue weighted by Gasteiger charge is 2.30. The SMILES string of the molecule is O=C(CCc1cccnc1)N1CCC[C@@H]1c1cnccn1. The van der Waals surface area contributed by atoms with Gasteiger partial charge in [-0.05, 0) is 30.9 Å². The number of carbonyl (C=O) groups is 1. The van der Waals surface area contributed by atoms with Crippen molar-refractivity contribution in [3.8, 4) is 0 Å². The molecule has 0 aliphatic carbocycles. The number of carbonyl (C=O) groups excluding carboxylic acids is 1. The lowest BCUT2D eigenvalue weighted by Gasteiger charge is -2.24. The van der Waals surface area contributed by atoms with Gasteiger partial charge < -0.3 is 4.90 Å². The second-order valence-corrected chi connectivity index (χ2v) is 5.24. The van der Waals surface area contributed by atoms with Gasteiger partial charge in [-0.15, -0.1) is 0 Å². The summed E-state index contributed by atoms with van der Waals surface area (Å²) in [4.78, 5) is 26.9. The molecule has 1 saturated heterocycles. The number of aromatic nitrogens is 3. The first-order valence-electron chi connectivity index (χ1n) is 7.29. The fraction of sp³-hybridized carbons (Fsp3) is 0.375. The number of hydrogen-bond donors (Lipinski definition) is 0. The molecule has 108 valence electrons. The normalized spacial score (nSPS) is 17.9. The highest BCUT2D eigenvalue weighted by Crippen LogP contribution is 2.30. The second kappa shape index (κ2) is 6.43. The van der Waals surface area contributed by atoms with Gasteiger partial charge in [0, 0.05) is 37.8 Å². The van der Waals surface area contributed by atoms with E-state index in [1.807, 2.05) is 23.2 Å². The van der Waals surface area contributed by atoms with Crippen molar-refractivity contribution in [2.75, 3.05) is 6.54 Å². The maximum Gasteiger partial charge on any atom is 0.223 e. The first-order valence-corrected chi connectivity index (χ1v) is 7.29. The second-order valence-electron chi connectivity index (χ2n) is 5.24. The summed E-state index contributed by atoms with van der Waals surface area (Å²) in [6.07, 6.45) is 11.9. The van der Waals surface area contributed by atoms with Crippen LogP contribution >= 0.6 is 0 Å². The summed E-state index contributed by atoms with van der Waals surface area (Å²) in [6, 6.07) is 3.99. The standard InChI is InChI=1S/C16H18N4O/c21-16(6-5-13-3-1-7-17-11-13)20-10-2-4-15(20)14-12-18-8-9-19-14/h1,3,7-9,11-12,15H,2,4-6,10H2/t15-/m1/s1. The number of amides is 1. The van der Waals surface area contributed by atoms with Gasteiger partial charge in [0.2, 0.25) is 5.91 Å². The maximum atomic E-state index is 12.5. The van der Waals surface area contributed by atoms with Crippen molar-refractivity contribution in [3.63, 3.8) is 0 Å². The molecule has 3 rings (SSSR count). The molecule has 1 amide bonds. The maximum absolute atomic E-state index is 12.5. The third-order valence-corrected chi connectivity index (χ3v) is 3.85. The van der Waals surface area contributed by atoms with Crippen molar-refractivity contribution in [3.05, 3.63) is 54.4 Å². The van der Waals surface area contributed by atoms with Crippen LogP contribution in [0.1, 0.15) is 36.6 Å². The minimum absolute atomic E-state index is 0.0834. The van der Waals surface area contributed by atoms with Crippen LogP contribution in [0.15, 0.2) is 43.1 Å². The van der Waals surface area contributed by atoms with Gasteiger partial charge in [-0.3, -0.25) is 19.7 Å². The van der Waals surface area contributed by atoms with E-state index in [0.717, 1.165) is 37.1 Å². The van der Waals surface area contributed by atoms with Gasteiger partial charge in [-0.2, -0.15) is 0 Å². The van der Waals surface area contributed by atoms with Crippen LogP contribution in [0, 0.1) is 0 Å². The first kappa shape index (κ1) is 13.7. The molecule has 3 heterocycles. The molecule has 0 radical (unpaired) electrons. The van der Waals surface area contributed by atoms with Crippen LogP contribution < -0.4 is 0 Å². The van der Waals surface area contributed by atoms with E-state index >= 15 is 0 Å². The van der Waals surface area contributed by atoms with Gasteiger partial charge in [0.15, 0.2) is 0 Å². The Bertz CT molecular complexity index is 588. The Kier molecular flexibility index (Phi) is 4.19. The van der Waals surface area contributed by atoms with E-state index in [0.29, 0.717) is 6.42 Å². The van der Waals surface area contributed by atoms with E-state index in [-0.39, 0.29) is 11.9 Å². The van der Waals surface area contributed by atoms with E-state index in [9.17, 15) is 4.79 Å². The average molecular weight is 282 g/mol. The molecular formula is C16H18N4O. The Hall–Kier alpha value is -2.30. The van der Waals surface area contributed by atoms with Crippen LogP contribution in [0.5, 0.6) is 0 Å². The lowest BCUT2D eigenvalue weighted by Crippen LogP contribution is -2.31. The number of aryl methyl sites for hydroxylation is 1. The summed E-state index contributed by atoms with van der Waals surface area (Å²) in [5.41, 5.74) is 1.99. The largest absolute Gasteiger partial charge is 0.334 e. The summed E-state index contributed by atoms with van der Waals surface area (Å²) >= 11 is 0. The fourth-order valence-electron chi connectivity index (χ4n) is 2.80. The number of likely N-dealkylation sites (tertiary alicyclic amines) is 1. The Morgan fingerprint density at radius 2 is 2.14 bits per heavy atom. The Labute approximate surface area is 124 Å². The molecule has 0 bridgehead atoms. The predicted octanol–water partition coefficient (Wildman–Crippen LogP) is 2.17. The van der Waals surface area contributed by atoms with Crippen molar-refractivity contribution in [2.24, 2.45) is 0 Å². The van der Waals surface area contributed by atoms with Crippen LogP contribution in [0.2, 0.25) is 0 Å². The molecule has 1 aliphatic heterocycles. The van der Waals surface area contributed by atoms with E-state index in [2.05, 4.69) is 15.0 Å². The monoisotopic (exact) mass is 282 g/mol. The van der Waals surface area contributed by atoms with Gasteiger partial charge >= 0.3 is 0 Å². The van der Waals surface area contributed by atoms with E-state index in [1.54, 1.807) is 24.8 Å². The summed E-state index contributed by atoms with van der Waals surface area (Å²) in [5.74, 6) is 0.187. The fourth-order valence-corrected chi connectivity index (χ4v) is 2.80. The molecule has 0 unspecified atom stereocenters. The summed E-state index contributed by atoms with van der Waals surface area (Å²) in [6.45, 7) is 0.813. The Morgan fingerprint density at radius 1 is 1.24 bits per heavy atom. The molecule has 0 N–H and O–H groups in total. The third-order valence-electron chi connectivity index (χ3n) is 3.85. The zero-order valence-electron chi connectivity index (χ0n) is 11.9. The Balaban J connectivity index is 1.64. The van der Waals surface area contributed by atoms with Crippen LogP contribution in [0.3, 0.4) is 0 Å². The molecule has 0 aromatic carbocycles. The molecular weight excluding hydrogens is 264 g/mol. The number of hydrogen-bond acceptors (Lipinski definition) is 4. The van der Waals surface area contributed by atoms with Gasteiger partial charge in [-0.25, -0.2) is 0 Å². The summed E-state index contributed by atoms with van der Waals surface area (Å²) < 4.78 is 0. The van der Waals surface area contributed by atoms with E-state index < -0.39 is 0 Å². The van der Waals surface area contributed by atoms with Gasteiger partial charge in [0.1, 0.15) is 0 Å². The van der Waals surface area contributed by atoms with Crippen molar-refractivity contribution in [2.45, 2.75) is 31.7 Å². The van der Waals surface area contributed by atoms with Crippen LogP contribution in [-0.4, -0.2) is 32.3 Å². The highest BCUT2D eigenvalue weighted by atomic mass is 16.2. The quantitative estimate of drug-likeness (QED) is 0.862. The van der Waals surface area contributed by atoms with Gasteiger partial charge in [0.25, 0.3) is 0 Å². The highest BCUT2D eigenvalue weighted by molar-refractivity contribution is 5.77. The Morgan fingerprint density at radius 3 is 2.90 bits per heavy atom. The molecule has 21 heavy (non-hydrogen) atoms. The first-order chi connectivity index (χ1) is 10.3. The van der Waals surface area contributed by atoms with Crippen LogP contribution in [0.4, 0.5) is 0 Å². The van der Waals surface area contributed by atoms with Gasteiger partial charge in [-0.1, -0.05) is 6.07 Å². The molecule has 1 fully saturated rings. The molecule has 1 atom stereocenters. The molecule has 5 nitrogen and oxygen atoms in total. The topological polar surface area (TPSA) is 59.0 Å². The smallest absolute Gasteiger partial charge is 0.223 e. The van der Waals surface area contributed by atoms with Crippen LogP contribution in [0.25, 0.3) is 0 Å². The zero-order valence-corrected chi connectivity index (χ0v) is 11.9.